The fourth-order valence-corrected chi connectivity index (χ4v) is 4.47. The van der Waals surface area contributed by atoms with E-state index in [9.17, 15) is 5.11 Å². The lowest BCUT2D eigenvalue weighted by Gasteiger charge is -2.30. The van der Waals surface area contributed by atoms with E-state index < -0.39 is 6.10 Å². The summed E-state index contributed by atoms with van der Waals surface area (Å²) in [5, 5.41) is 22.2. The highest BCUT2D eigenvalue weighted by Crippen LogP contribution is 2.19. The molecule has 0 aliphatic carbocycles. The van der Waals surface area contributed by atoms with E-state index in [1.807, 2.05) is 4.68 Å². The van der Waals surface area contributed by atoms with Crippen LogP contribution in [0.1, 0.15) is 55.9 Å². The lowest BCUT2D eigenvalue weighted by molar-refractivity contribution is 0.111. The van der Waals surface area contributed by atoms with E-state index in [-0.39, 0.29) is 6.04 Å². The number of nitrogens with one attached hydrogen (secondary N) is 2. The van der Waals surface area contributed by atoms with Gasteiger partial charge in [0, 0.05) is 44.6 Å². The summed E-state index contributed by atoms with van der Waals surface area (Å²) in [5.74, 6) is 3.10. The average molecular weight is 440 g/mol. The van der Waals surface area contributed by atoms with Crippen LogP contribution in [0.4, 0.5) is 0 Å². The summed E-state index contributed by atoms with van der Waals surface area (Å²) in [7, 11) is 0. The van der Waals surface area contributed by atoms with E-state index in [4.69, 9.17) is 0 Å². The van der Waals surface area contributed by atoms with Crippen LogP contribution >= 0.6 is 0 Å². The monoisotopic (exact) mass is 439 g/mol. The minimum Gasteiger partial charge on any atom is -0.390 e. The molecule has 2 aliphatic rings. The number of fused-ring (bicyclic) bond motifs is 2. The van der Waals surface area contributed by atoms with E-state index in [0.29, 0.717) is 19.0 Å². The Balaban J connectivity index is 1.30. The lowest BCUT2D eigenvalue weighted by Crippen LogP contribution is -2.47. The molecule has 0 bridgehead atoms. The van der Waals surface area contributed by atoms with Gasteiger partial charge in [0.05, 0.1) is 19.2 Å². The van der Waals surface area contributed by atoms with Crippen LogP contribution in [0.25, 0.3) is 0 Å². The summed E-state index contributed by atoms with van der Waals surface area (Å²) in [6, 6.07) is 8.84. The van der Waals surface area contributed by atoms with Gasteiger partial charge in [-0.25, -0.2) is 9.67 Å². The largest absolute Gasteiger partial charge is 0.390 e. The highest BCUT2D eigenvalue weighted by Gasteiger charge is 2.23. The Kier molecular flexibility index (Phi) is 7.42. The van der Waals surface area contributed by atoms with Crippen LogP contribution in [0.5, 0.6) is 0 Å². The van der Waals surface area contributed by atoms with Gasteiger partial charge in [-0.2, -0.15) is 5.10 Å². The van der Waals surface area contributed by atoms with E-state index in [1.54, 1.807) is 0 Å². The highest BCUT2D eigenvalue weighted by atomic mass is 16.3. The molecular formula is C24H37N7O. The maximum absolute atomic E-state index is 10.6. The highest BCUT2D eigenvalue weighted by molar-refractivity contribution is 5.80. The number of aliphatic hydroxyl groups excluding tert-OH is 1. The predicted octanol–water partition coefficient (Wildman–Crippen LogP) is 1.69. The molecule has 4 rings (SSSR count). The fourth-order valence-electron chi connectivity index (χ4n) is 4.47. The first-order valence-electron chi connectivity index (χ1n) is 12.0. The van der Waals surface area contributed by atoms with Gasteiger partial charge in [0.25, 0.3) is 0 Å². The molecule has 174 valence electrons. The second-order valence-corrected chi connectivity index (χ2v) is 9.23. The molecule has 2 aliphatic heterocycles. The van der Waals surface area contributed by atoms with Crippen molar-refractivity contribution in [1.82, 2.24) is 30.3 Å². The van der Waals surface area contributed by atoms with Crippen LogP contribution in [0.3, 0.4) is 0 Å². The predicted molar refractivity (Wildman–Crippen MR) is 127 cm³/mol. The minimum atomic E-state index is -0.488. The first kappa shape index (κ1) is 22.7. The van der Waals surface area contributed by atoms with E-state index in [2.05, 4.69) is 75.6 Å². The summed E-state index contributed by atoms with van der Waals surface area (Å²) >= 11 is 0. The smallest absolute Gasteiger partial charge is 0.191 e. The Bertz CT molecular complexity index is 923. The molecule has 0 amide bonds. The van der Waals surface area contributed by atoms with Crippen molar-refractivity contribution in [2.24, 2.45) is 4.99 Å². The third-order valence-electron chi connectivity index (χ3n) is 6.21. The van der Waals surface area contributed by atoms with Gasteiger partial charge in [0.2, 0.25) is 0 Å². The fraction of sp³-hybridized carbons (Fsp3) is 0.625. The minimum absolute atomic E-state index is 0.248. The molecule has 3 heterocycles. The summed E-state index contributed by atoms with van der Waals surface area (Å²) in [6.45, 7) is 10.8. The molecule has 8 nitrogen and oxygen atoms in total. The molecule has 1 aromatic heterocycles. The van der Waals surface area contributed by atoms with Gasteiger partial charge in [0.1, 0.15) is 5.82 Å². The van der Waals surface area contributed by atoms with Crippen molar-refractivity contribution >= 4 is 5.96 Å². The van der Waals surface area contributed by atoms with Crippen LogP contribution in [-0.2, 0) is 25.9 Å². The molecular weight excluding hydrogens is 402 g/mol. The Morgan fingerprint density at radius 2 is 2.06 bits per heavy atom. The normalized spacial score (nSPS) is 20.0. The summed E-state index contributed by atoms with van der Waals surface area (Å²) < 4.78 is 2.03. The number of hydrogen-bond acceptors (Lipinski definition) is 5. The van der Waals surface area contributed by atoms with Crippen molar-refractivity contribution < 1.29 is 5.11 Å². The molecule has 2 aromatic rings. The third-order valence-corrected chi connectivity index (χ3v) is 6.21. The first-order chi connectivity index (χ1) is 15.5. The number of benzene rings is 1. The Labute approximate surface area is 191 Å². The average Bonchev–Trinajstić information content (AvgIpc) is 3.21. The van der Waals surface area contributed by atoms with Gasteiger partial charge < -0.3 is 15.7 Å². The number of rotatable bonds is 7. The quantitative estimate of drug-likeness (QED) is 0.449. The van der Waals surface area contributed by atoms with Crippen molar-refractivity contribution in [3.63, 3.8) is 0 Å². The number of aliphatic hydroxyl groups is 1. The number of hydrogen-bond donors (Lipinski definition) is 3. The van der Waals surface area contributed by atoms with Gasteiger partial charge in [-0.05, 0) is 30.9 Å². The topological polar surface area (TPSA) is 90.6 Å². The molecule has 0 fully saturated rings. The van der Waals surface area contributed by atoms with Crippen LogP contribution < -0.4 is 10.6 Å². The number of β-amino-alcohol motifs (C(OH)–C–C–N with tert-alkyl or cyclic N) is 1. The number of aryl methyl sites for hydroxylation is 1. The van der Waals surface area contributed by atoms with Crippen LogP contribution in [-0.4, -0.2) is 69.1 Å². The van der Waals surface area contributed by atoms with Gasteiger partial charge in [-0.1, -0.05) is 38.1 Å². The zero-order chi connectivity index (χ0) is 22.5. The zero-order valence-electron chi connectivity index (χ0n) is 19.6. The van der Waals surface area contributed by atoms with Crippen molar-refractivity contribution in [3.8, 4) is 0 Å². The maximum Gasteiger partial charge on any atom is 0.191 e. The standard InChI is InChI=1S/C24H37N7O/c1-4-25-24(27-20-9-10-22-28-23(17(2)3)29-31(22)15-20)26-13-21(32)16-30-12-11-18-7-5-6-8-19(18)14-30/h5-8,17,20-21,32H,4,9-16H2,1-3H3,(H2,25,26,27). The van der Waals surface area contributed by atoms with Gasteiger partial charge in [-0.3, -0.25) is 9.89 Å². The first-order valence-corrected chi connectivity index (χ1v) is 12.0. The number of guanidine groups is 1. The molecule has 0 saturated heterocycles. The Morgan fingerprint density at radius 3 is 2.84 bits per heavy atom. The molecule has 32 heavy (non-hydrogen) atoms. The molecule has 0 radical (unpaired) electrons. The lowest BCUT2D eigenvalue weighted by atomic mass is 10.00. The second kappa shape index (κ2) is 10.4. The molecule has 0 saturated carbocycles. The van der Waals surface area contributed by atoms with E-state index >= 15 is 0 Å². The second-order valence-electron chi connectivity index (χ2n) is 9.23. The van der Waals surface area contributed by atoms with Gasteiger partial charge >= 0.3 is 0 Å². The van der Waals surface area contributed by atoms with Crippen LogP contribution in [0, 0.1) is 0 Å². The maximum atomic E-state index is 10.6. The Morgan fingerprint density at radius 1 is 1.25 bits per heavy atom. The zero-order valence-corrected chi connectivity index (χ0v) is 19.6. The summed E-state index contributed by atoms with van der Waals surface area (Å²) in [4.78, 5) is 11.7. The SMILES string of the molecule is CCNC(=NCC(O)CN1CCc2ccccc2C1)NC1CCc2nc(C(C)C)nn2C1. The molecule has 8 heteroatoms. The van der Waals surface area contributed by atoms with Crippen molar-refractivity contribution in [2.75, 3.05) is 26.2 Å². The van der Waals surface area contributed by atoms with Crippen molar-refractivity contribution in [1.29, 1.82) is 0 Å². The number of aliphatic imine (C=N–C) groups is 1. The van der Waals surface area contributed by atoms with E-state index in [0.717, 1.165) is 63.0 Å². The molecule has 0 spiro atoms. The number of aromatic nitrogens is 3. The number of nitrogens with zero attached hydrogens (tertiary/aromatic N) is 5. The van der Waals surface area contributed by atoms with Gasteiger partial charge in [0.15, 0.2) is 11.8 Å². The molecule has 2 unspecified atom stereocenters. The summed E-state index contributed by atoms with van der Waals surface area (Å²) in [5.41, 5.74) is 2.80. The summed E-state index contributed by atoms with van der Waals surface area (Å²) in [6.07, 6.45) is 2.46. The third kappa shape index (κ3) is 5.66. The Hall–Kier alpha value is -2.45. The van der Waals surface area contributed by atoms with Crippen molar-refractivity contribution in [2.45, 2.75) is 71.2 Å². The van der Waals surface area contributed by atoms with E-state index in [1.165, 1.54) is 11.1 Å². The molecule has 1 aromatic carbocycles. The van der Waals surface area contributed by atoms with Crippen LogP contribution in [0.2, 0.25) is 0 Å². The molecule has 3 N–H and O–H groups in total. The van der Waals surface area contributed by atoms with Gasteiger partial charge in [-0.15, -0.1) is 0 Å². The van der Waals surface area contributed by atoms with Crippen LogP contribution in [0.15, 0.2) is 29.3 Å². The molecule has 2 atom stereocenters. The van der Waals surface area contributed by atoms with Crippen molar-refractivity contribution in [3.05, 3.63) is 47.0 Å².